The van der Waals surface area contributed by atoms with Crippen LogP contribution in [0.3, 0.4) is 0 Å². The van der Waals surface area contributed by atoms with Crippen molar-refractivity contribution in [3.8, 4) is 5.88 Å². The molecule has 1 aliphatic rings. The molecule has 0 bridgehead atoms. The lowest BCUT2D eigenvalue weighted by molar-refractivity contribution is 0.0928. The average molecular weight is 296 g/mol. The molecule has 1 N–H and O–H groups in total. The normalized spacial score (nSPS) is 16.7. The van der Waals surface area contributed by atoms with Crippen molar-refractivity contribution in [1.29, 1.82) is 0 Å². The number of aromatic nitrogens is 1. The highest BCUT2D eigenvalue weighted by atomic mass is 16.5. The van der Waals surface area contributed by atoms with Crippen LogP contribution in [0.2, 0.25) is 0 Å². The third kappa shape index (κ3) is 2.96. The van der Waals surface area contributed by atoms with Gasteiger partial charge >= 0.3 is 0 Å². The monoisotopic (exact) mass is 296 g/mol. The van der Waals surface area contributed by atoms with E-state index in [4.69, 9.17) is 4.74 Å². The second-order valence-corrected chi connectivity index (χ2v) is 5.41. The molecular weight excluding hydrogens is 276 g/mol. The molecule has 0 spiro atoms. The number of fused-ring (bicyclic) bond motifs is 1. The number of nitrogens with one attached hydrogen (secondary N) is 1. The highest BCUT2D eigenvalue weighted by Gasteiger charge is 2.23. The molecule has 1 heterocycles. The number of hydrogen-bond acceptors (Lipinski definition) is 3. The van der Waals surface area contributed by atoms with Crippen LogP contribution in [-0.4, -0.2) is 17.5 Å². The minimum Gasteiger partial charge on any atom is -0.477 e. The summed E-state index contributed by atoms with van der Waals surface area (Å²) in [5, 5.41) is 3.13. The molecule has 1 aliphatic carbocycles. The average Bonchev–Trinajstić information content (AvgIpc) is 2.56. The van der Waals surface area contributed by atoms with Gasteiger partial charge in [-0.1, -0.05) is 24.3 Å². The number of aryl methyl sites for hydroxylation is 1. The number of carbonyl (C=O) groups excluding carboxylic acids is 1. The van der Waals surface area contributed by atoms with Crippen LogP contribution in [0.5, 0.6) is 5.88 Å². The van der Waals surface area contributed by atoms with Crippen molar-refractivity contribution in [3.63, 3.8) is 0 Å². The largest absolute Gasteiger partial charge is 0.477 e. The Labute approximate surface area is 130 Å². The van der Waals surface area contributed by atoms with Gasteiger partial charge in [0.2, 0.25) is 5.88 Å². The summed E-state index contributed by atoms with van der Waals surface area (Å²) in [7, 11) is 0. The zero-order valence-electron chi connectivity index (χ0n) is 12.7. The molecule has 0 fully saturated rings. The number of nitrogens with zero attached hydrogens (tertiary/aromatic N) is 1. The van der Waals surface area contributed by atoms with Crippen molar-refractivity contribution in [2.75, 3.05) is 6.61 Å². The summed E-state index contributed by atoms with van der Waals surface area (Å²) < 4.78 is 5.44. The molecule has 4 nitrogen and oxygen atoms in total. The maximum atomic E-state index is 12.6. The molecule has 114 valence electrons. The number of benzene rings is 1. The SMILES string of the molecule is CCOc1ncccc1C(=O)N[C@@H]1CCCc2ccccc21. The van der Waals surface area contributed by atoms with E-state index in [1.54, 1.807) is 18.3 Å². The molecule has 0 saturated carbocycles. The second-order valence-electron chi connectivity index (χ2n) is 5.41. The summed E-state index contributed by atoms with van der Waals surface area (Å²) in [6.07, 6.45) is 4.78. The Balaban J connectivity index is 1.81. The molecule has 0 aliphatic heterocycles. The summed E-state index contributed by atoms with van der Waals surface area (Å²) in [6, 6.07) is 11.9. The molecule has 0 unspecified atom stereocenters. The molecule has 4 heteroatoms. The van der Waals surface area contributed by atoms with E-state index in [1.165, 1.54) is 11.1 Å². The predicted octanol–water partition coefficient (Wildman–Crippen LogP) is 3.29. The summed E-state index contributed by atoms with van der Waals surface area (Å²) in [5.74, 6) is 0.268. The summed E-state index contributed by atoms with van der Waals surface area (Å²) >= 11 is 0. The highest BCUT2D eigenvalue weighted by Crippen LogP contribution is 2.30. The Hall–Kier alpha value is -2.36. The van der Waals surface area contributed by atoms with Gasteiger partial charge in [0, 0.05) is 6.20 Å². The Kier molecular flexibility index (Phi) is 4.37. The van der Waals surface area contributed by atoms with Gasteiger partial charge in [-0.25, -0.2) is 4.98 Å². The Morgan fingerprint density at radius 3 is 3.05 bits per heavy atom. The van der Waals surface area contributed by atoms with E-state index in [9.17, 15) is 4.79 Å². The fraction of sp³-hybridized carbons (Fsp3) is 0.333. The number of ether oxygens (including phenoxy) is 1. The standard InChI is InChI=1S/C18H20N2O2/c1-2-22-18-15(10-6-12-19-18)17(21)20-16-11-5-8-13-7-3-4-9-14(13)16/h3-4,6-7,9-10,12,16H,2,5,8,11H2,1H3,(H,20,21)/t16-/m1/s1. The van der Waals surface area contributed by atoms with Crippen LogP contribution in [0.25, 0.3) is 0 Å². The first-order valence-corrected chi connectivity index (χ1v) is 7.76. The Morgan fingerprint density at radius 2 is 2.18 bits per heavy atom. The van der Waals surface area contributed by atoms with Crippen LogP contribution >= 0.6 is 0 Å². The molecule has 1 aromatic carbocycles. The van der Waals surface area contributed by atoms with Crippen molar-refractivity contribution in [3.05, 3.63) is 59.3 Å². The second kappa shape index (κ2) is 6.60. The van der Waals surface area contributed by atoms with Gasteiger partial charge in [0.25, 0.3) is 5.91 Å². The van der Waals surface area contributed by atoms with Gasteiger partial charge < -0.3 is 10.1 Å². The summed E-state index contributed by atoms with van der Waals surface area (Å²) in [5.41, 5.74) is 3.05. The van der Waals surface area contributed by atoms with Crippen molar-refractivity contribution in [2.45, 2.75) is 32.2 Å². The first kappa shape index (κ1) is 14.6. The minimum absolute atomic E-state index is 0.0622. The number of carbonyl (C=O) groups is 1. The van der Waals surface area contributed by atoms with E-state index in [2.05, 4.69) is 28.5 Å². The van der Waals surface area contributed by atoms with Crippen LogP contribution in [0.15, 0.2) is 42.6 Å². The molecule has 1 amide bonds. The third-order valence-electron chi connectivity index (χ3n) is 3.97. The van der Waals surface area contributed by atoms with E-state index in [1.807, 2.05) is 13.0 Å². The molecule has 0 radical (unpaired) electrons. The topological polar surface area (TPSA) is 51.2 Å². The zero-order chi connectivity index (χ0) is 15.4. The van der Waals surface area contributed by atoms with Crippen LogP contribution in [0.1, 0.15) is 47.3 Å². The van der Waals surface area contributed by atoms with Crippen molar-refractivity contribution >= 4 is 5.91 Å². The molecule has 1 atom stereocenters. The van der Waals surface area contributed by atoms with Gasteiger partial charge in [-0.15, -0.1) is 0 Å². The lowest BCUT2D eigenvalue weighted by atomic mass is 9.87. The van der Waals surface area contributed by atoms with Gasteiger partial charge in [0.1, 0.15) is 5.56 Å². The third-order valence-corrected chi connectivity index (χ3v) is 3.97. The number of amides is 1. The quantitative estimate of drug-likeness (QED) is 0.942. The number of hydrogen-bond donors (Lipinski definition) is 1. The van der Waals surface area contributed by atoms with Gasteiger partial charge in [0.15, 0.2) is 0 Å². The highest BCUT2D eigenvalue weighted by molar-refractivity contribution is 5.96. The predicted molar refractivity (Wildman–Crippen MR) is 85.0 cm³/mol. The lowest BCUT2D eigenvalue weighted by Gasteiger charge is -2.26. The van der Waals surface area contributed by atoms with Crippen LogP contribution < -0.4 is 10.1 Å². The molecule has 3 rings (SSSR count). The summed E-state index contributed by atoms with van der Waals surface area (Å²) in [4.78, 5) is 16.7. The van der Waals surface area contributed by atoms with E-state index < -0.39 is 0 Å². The lowest BCUT2D eigenvalue weighted by Crippen LogP contribution is -2.31. The van der Waals surface area contributed by atoms with E-state index in [0.29, 0.717) is 18.1 Å². The van der Waals surface area contributed by atoms with Gasteiger partial charge in [0.05, 0.1) is 12.6 Å². The van der Waals surface area contributed by atoms with Crippen molar-refractivity contribution in [2.24, 2.45) is 0 Å². The van der Waals surface area contributed by atoms with Gasteiger partial charge in [-0.2, -0.15) is 0 Å². The minimum atomic E-state index is -0.127. The Morgan fingerprint density at radius 1 is 1.32 bits per heavy atom. The first-order chi connectivity index (χ1) is 10.8. The van der Waals surface area contributed by atoms with Crippen LogP contribution in [-0.2, 0) is 6.42 Å². The van der Waals surface area contributed by atoms with E-state index in [-0.39, 0.29) is 11.9 Å². The van der Waals surface area contributed by atoms with Crippen molar-refractivity contribution in [1.82, 2.24) is 10.3 Å². The van der Waals surface area contributed by atoms with Gasteiger partial charge in [-0.05, 0) is 49.4 Å². The fourth-order valence-electron chi connectivity index (χ4n) is 2.96. The van der Waals surface area contributed by atoms with Crippen LogP contribution in [0, 0.1) is 0 Å². The van der Waals surface area contributed by atoms with Gasteiger partial charge in [-0.3, -0.25) is 4.79 Å². The van der Waals surface area contributed by atoms with E-state index >= 15 is 0 Å². The molecule has 2 aromatic rings. The Bertz CT molecular complexity index is 670. The van der Waals surface area contributed by atoms with Crippen molar-refractivity contribution < 1.29 is 9.53 Å². The maximum absolute atomic E-state index is 12.6. The zero-order valence-corrected chi connectivity index (χ0v) is 12.7. The molecular formula is C18H20N2O2. The molecule has 0 saturated heterocycles. The molecule has 22 heavy (non-hydrogen) atoms. The van der Waals surface area contributed by atoms with Crippen LogP contribution in [0.4, 0.5) is 0 Å². The fourth-order valence-corrected chi connectivity index (χ4v) is 2.96. The smallest absolute Gasteiger partial charge is 0.257 e. The molecule has 1 aromatic heterocycles. The number of rotatable bonds is 4. The summed E-state index contributed by atoms with van der Waals surface area (Å²) in [6.45, 7) is 2.37. The number of pyridine rings is 1. The first-order valence-electron chi connectivity index (χ1n) is 7.76. The van der Waals surface area contributed by atoms with E-state index in [0.717, 1.165) is 19.3 Å². The maximum Gasteiger partial charge on any atom is 0.257 e.